The van der Waals surface area contributed by atoms with Gasteiger partial charge in [-0.15, -0.1) is 4.98 Å². The second kappa shape index (κ2) is 7.41. The van der Waals surface area contributed by atoms with Gasteiger partial charge in [0.15, 0.2) is 5.75 Å². The number of ether oxygens (including phenoxy) is 2. The first-order valence-electron chi connectivity index (χ1n) is 7.00. The molecule has 0 amide bonds. The molecule has 21 heavy (non-hydrogen) atoms. The van der Waals surface area contributed by atoms with Crippen molar-refractivity contribution >= 4 is 5.95 Å². The van der Waals surface area contributed by atoms with E-state index in [1.807, 2.05) is 14.0 Å². The summed E-state index contributed by atoms with van der Waals surface area (Å²) < 4.78 is 12.7. The molecule has 2 heterocycles. The average Bonchev–Trinajstić information content (AvgIpc) is 2.88. The van der Waals surface area contributed by atoms with E-state index in [1.165, 1.54) is 0 Å². The van der Waals surface area contributed by atoms with E-state index >= 15 is 0 Å². The van der Waals surface area contributed by atoms with Crippen molar-refractivity contribution in [1.82, 2.24) is 24.7 Å². The Labute approximate surface area is 123 Å². The Balaban J connectivity index is 2.16. The number of anilines is 1. The molecular formula is C13H20N6O2. The van der Waals surface area contributed by atoms with Gasteiger partial charge in [-0.1, -0.05) is 13.8 Å². The van der Waals surface area contributed by atoms with Gasteiger partial charge in [-0.05, 0) is 12.8 Å². The van der Waals surface area contributed by atoms with Gasteiger partial charge in [-0.2, -0.15) is 15.1 Å². The summed E-state index contributed by atoms with van der Waals surface area (Å²) in [5.41, 5.74) is 0. The lowest BCUT2D eigenvalue weighted by atomic mass is 10.5. The van der Waals surface area contributed by atoms with Gasteiger partial charge < -0.3 is 14.8 Å². The van der Waals surface area contributed by atoms with Crippen LogP contribution in [0.1, 0.15) is 26.7 Å². The van der Waals surface area contributed by atoms with Crippen LogP contribution in [0.5, 0.6) is 17.8 Å². The fourth-order valence-corrected chi connectivity index (χ4v) is 1.51. The molecule has 0 unspecified atom stereocenters. The smallest absolute Gasteiger partial charge is 0.330 e. The summed E-state index contributed by atoms with van der Waals surface area (Å²) in [7, 11) is 1.81. The van der Waals surface area contributed by atoms with Crippen molar-refractivity contribution < 1.29 is 9.47 Å². The van der Waals surface area contributed by atoms with Crippen LogP contribution in [0.15, 0.2) is 12.4 Å². The van der Waals surface area contributed by atoms with Gasteiger partial charge in [-0.3, -0.25) is 4.68 Å². The molecule has 8 heteroatoms. The number of aromatic nitrogens is 5. The van der Waals surface area contributed by atoms with Gasteiger partial charge in [-0.25, -0.2) is 0 Å². The minimum absolute atomic E-state index is 0.183. The molecule has 0 aliphatic carbocycles. The van der Waals surface area contributed by atoms with E-state index in [4.69, 9.17) is 9.47 Å². The van der Waals surface area contributed by atoms with Gasteiger partial charge in [0.1, 0.15) is 0 Å². The fraction of sp³-hybridized carbons (Fsp3) is 0.538. The quantitative estimate of drug-likeness (QED) is 0.796. The van der Waals surface area contributed by atoms with Crippen molar-refractivity contribution in [3.05, 3.63) is 12.4 Å². The summed E-state index contributed by atoms with van der Waals surface area (Å²) in [6.07, 6.45) is 5.17. The maximum atomic E-state index is 5.57. The predicted octanol–water partition coefficient (Wildman–Crippen LogP) is 2.01. The minimum atomic E-state index is 0.183. The van der Waals surface area contributed by atoms with Crippen LogP contribution in [0.2, 0.25) is 0 Å². The van der Waals surface area contributed by atoms with Crippen molar-refractivity contribution in [2.24, 2.45) is 7.05 Å². The number of nitrogens with zero attached hydrogens (tertiary/aromatic N) is 5. The molecule has 0 aliphatic rings. The van der Waals surface area contributed by atoms with Crippen LogP contribution in [0.3, 0.4) is 0 Å². The first-order chi connectivity index (χ1) is 10.2. The van der Waals surface area contributed by atoms with Gasteiger partial charge in [0.2, 0.25) is 5.95 Å². The van der Waals surface area contributed by atoms with Crippen LogP contribution in [0.4, 0.5) is 5.95 Å². The van der Waals surface area contributed by atoms with Crippen LogP contribution in [0.25, 0.3) is 0 Å². The number of hydrogen-bond acceptors (Lipinski definition) is 7. The molecular weight excluding hydrogens is 272 g/mol. The van der Waals surface area contributed by atoms with E-state index in [2.05, 4.69) is 32.3 Å². The summed E-state index contributed by atoms with van der Waals surface area (Å²) in [5.74, 6) is 1.00. The second-order valence-electron chi connectivity index (χ2n) is 4.45. The van der Waals surface area contributed by atoms with Gasteiger partial charge in [0.05, 0.1) is 19.0 Å². The molecule has 0 spiro atoms. The standard InChI is InChI=1S/C13H20N6O2/c1-4-6-14-11-16-12(20-7-5-2)18-13(17-11)21-10-8-15-19(3)9-10/h8-9H,4-7H2,1-3H3,(H,14,16,17,18). The largest absolute Gasteiger partial charge is 0.463 e. The summed E-state index contributed by atoms with van der Waals surface area (Å²) in [5, 5.41) is 7.13. The molecule has 0 bridgehead atoms. The third kappa shape index (κ3) is 4.59. The van der Waals surface area contributed by atoms with Crippen molar-refractivity contribution in [2.45, 2.75) is 26.7 Å². The highest BCUT2D eigenvalue weighted by Gasteiger charge is 2.10. The third-order valence-electron chi connectivity index (χ3n) is 2.45. The molecule has 0 radical (unpaired) electrons. The van der Waals surface area contributed by atoms with Crippen LogP contribution >= 0.6 is 0 Å². The van der Waals surface area contributed by atoms with E-state index in [9.17, 15) is 0 Å². The molecule has 2 aromatic rings. The average molecular weight is 292 g/mol. The lowest BCUT2D eigenvalue weighted by Gasteiger charge is -2.08. The molecule has 2 rings (SSSR count). The number of hydrogen-bond donors (Lipinski definition) is 1. The molecule has 0 aliphatic heterocycles. The Hall–Kier alpha value is -2.38. The van der Waals surface area contributed by atoms with Gasteiger partial charge >= 0.3 is 12.0 Å². The summed E-state index contributed by atoms with van der Waals surface area (Å²) >= 11 is 0. The van der Waals surface area contributed by atoms with E-state index < -0.39 is 0 Å². The maximum absolute atomic E-state index is 5.57. The number of aryl methyl sites for hydroxylation is 1. The van der Waals surface area contributed by atoms with E-state index in [0.717, 1.165) is 19.4 Å². The van der Waals surface area contributed by atoms with Crippen LogP contribution in [0, 0.1) is 0 Å². The molecule has 2 aromatic heterocycles. The first kappa shape index (κ1) is 15.0. The highest BCUT2D eigenvalue weighted by molar-refractivity contribution is 5.29. The third-order valence-corrected chi connectivity index (χ3v) is 2.45. The maximum Gasteiger partial charge on any atom is 0.330 e. The Kier molecular flexibility index (Phi) is 5.30. The lowest BCUT2D eigenvalue weighted by molar-refractivity contribution is 0.285. The lowest BCUT2D eigenvalue weighted by Crippen LogP contribution is -2.09. The molecule has 0 saturated heterocycles. The van der Waals surface area contributed by atoms with Crippen molar-refractivity contribution in [2.75, 3.05) is 18.5 Å². The Morgan fingerprint density at radius 3 is 2.62 bits per heavy atom. The highest BCUT2D eigenvalue weighted by atomic mass is 16.5. The van der Waals surface area contributed by atoms with Crippen molar-refractivity contribution in [1.29, 1.82) is 0 Å². The van der Waals surface area contributed by atoms with Crippen LogP contribution < -0.4 is 14.8 Å². The Morgan fingerprint density at radius 2 is 1.95 bits per heavy atom. The molecule has 0 aromatic carbocycles. The molecule has 8 nitrogen and oxygen atoms in total. The Morgan fingerprint density at radius 1 is 1.14 bits per heavy atom. The van der Waals surface area contributed by atoms with Gasteiger partial charge in [0, 0.05) is 13.6 Å². The topological polar surface area (TPSA) is 87.0 Å². The number of nitrogens with one attached hydrogen (secondary N) is 1. The first-order valence-corrected chi connectivity index (χ1v) is 7.00. The fourth-order valence-electron chi connectivity index (χ4n) is 1.51. The summed E-state index contributed by atoms with van der Waals surface area (Å²) in [6.45, 7) is 5.40. The predicted molar refractivity (Wildman–Crippen MR) is 77.7 cm³/mol. The van der Waals surface area contributed by atoms with Crippen molar-refractivity contribution in [3.63, 3.8) is 0 Å². The van der Waals surface area contributed by atoms with Crippen LogP contribution in [-0.2, 0) is 7.05 Å². The minimum Gasteiger partial charge on any atom is -0.463 e. The monoisotopic (exact) mass is 292 g/mol. The molecule has 0 atom stereocenters. The zero-order chi connectivity index (χ0) is 15.1. The molecule has 0 fully saturated rings. The summed E-state index contributed by atoms with van der Waals surface area (Å²) in [4.78, 5) is 12.5. The SMILES string of the molecule is CCCNc1nc(OCCC)nc(Oc2cnn(C)c2)n1. The molecule has 0 saturated carbocycles. The zero-order valence-electron chi connectivity index (χ0n) is 12.5. The summed E-state index contributed by atoms with van der Waals surface area (Å²) in [6, 6.07) is 0.437. The molecule has 1 N–H and O–H groups in total. The Bertz CT molecular complexity index is 545. The van der Waals surface area contributed by atoms with Crippen LogP contribution in [-0.4, -0.2) is 37.9 Å². The van der Waals surface area contributed by atoms with E-state index in [1.54, 1.807) is 17.1 Å². The van der Waals surface area contributed by atoms with E-state index in [0.29, 0.717) is 18.3 Å². The normalized spacial score (nSPS) is 10.4. The van der Waals surface area contributed by atoms with Gasteiger partial charge in [0.25, 0.3) is 0 Å². The number of rotatable bonds is 8. The van der Waals surface area contributed by atoms with Crippen molar-refractivity contribution in [3.8, 4) is 17.8 Å². The zero-order valence-corrected chi connectivity index (χ0v) is 12.5. The second-order valence-corrected chi connectivity index (χ2v) is 4.45. The van der Waals surface area contributed by atoms with E-state index in [-0.39, 0.29) is 12.0 Å². The highest BCUT2D eigenvalue weighted by Crippen LogP contribution is 2.19. The molecule has 114 valence electrons.